The zero-order chi connectivity index (χ0) is 22.9. The number of fused-ring (bicyclic) bond motifs is 2. The normalized spacial score (nSPS) is 20.2. The highest BCUT2D eigenvalue weighted by Crippen LogP contribution is 2.39. The van der Waals surface area contributed by atoms with E-state index in [0.29, 0.717) is 5.92 Å². The van der Waals surface area contributed by atoms with Gasteiger partial charge >= 0.3 is 6.03 Å². The maximum atomic E-state index is 12.8. The van der Waals surface area contributed by atoms with Gasteiger partial charge in [0.2, 0.25) is 0 Å². The zero-order valence-corrected chi connectivity index (χ0v) is 19.3. The standard InChI is InChI=1S/C29H30N4O/c34-29(31-23-9-4-8-21(16-23)20-6-2-1-3-7-20)32-24-11-12-28-26(18-24)27(19-30-28)22-13-15-33-14-5-10-25(33)17-22/h1-4,6-9,11-12,16,18-19,22,25,30H,5,10,13-15,17H2,(H2,31,32,34). The van der Waals surface area contributed by atoms with Crippen molar-refractivity contribution >= 4 is 28.3 Å². The number of amides is 2. The molecule has 5 heteroatoms. The highest BCUT2D eigenvalue weighted by Gasteiger charge is 2.33. The second-order valence-electron chi connectivity index (χ2n) is 9.58. The summed E-state index contributed by atoms with van der Waals surface area (Å²) in [5, 5.41) is 7.23. The highest BCUT2D eigenvalue weighted by molar-refractivity contribution is 6.01. The van der Waals surface area contributed by atoms with Crippen molar-refractivity contribution in [2.75, 3.05) is 23.7 Å². The molecular weight excluding hydrogens is 420 g/mol. The van der Waals surface area contributed by atoms with Crippen LogP contribution in [0.15, 0.2) is 79.0 Å². The Morgan fingerprint density at radius 3 is 2.56 bits per heavy atom. The van der Waals surface area contributed by atoms with Gasteiger partial charge in [0.25, 0.3) is 0 Å². The van der Waals surface area contributed by atoms with Gasteiger partial charge in [-0.2, -0.15) is 0 Å². The van der Waals surface area contributed by atoms with Crippen LogP contribution in [-0.4, -0.2) is 35.0 Å². The molecule has 2 amide bonds. The molecule has 3 aromatic carbocycles. The minimum atomic E-state index is -0.235. The lowest BCUT2D eigenvalue weighted by molar-refractivity contribution is 0.181. The molecule has 1 aromatic heterocycles. The first kappa shape index (κ1) is 21.0. The van der Waals surface area contributed by atoms with Gasteiger partial charge in [0, 0.05) is 34.5 Å². The number of piperidine rings is 1. The average Bonchev–Trinajstić information content (AvgIpc) is 3.51. The minimum Gasteiger partial charge on any atom is -0.361 e. The molecule has 2 aliphatic rings. The Bertz CT molecular complexity index is 1310. The van der Waals surface area contributed by atoms with Crippen molar-refractivity contribution in [3.63, 3.8) is 0 Å². The van der Waals surface area contributed by atoms with Crippen molar-refractivity contribution in [1.29, 1.82) is 0 Å². The summed E-state index contributed by atoms with van der Waals surface area (Å²) in [5.74, 6) is 0.581. The molecule has 3 heterocycles. The number of H-pyrrole nitrogens is 1. The average molecular weight is 451 g/mol. The van der Waals surface area contributed by atoms with Crippen molar-refractivity contribution in [2.45, 2.75) is 37.6 Å². The SMILES string of the molecule is O=C(Nc1cccc(-c2ccccc2)c1)Nc1ccc2[nH]cc(C3CCN4CCCC4C3)c2c1. The van der Waals surface area contributed by atoms with Crippen molar-refractivity contribution in [3.05, 3.63) is 84.6 Å². The van der Waals surface area contributed by atoms with Gasteiger partial charge in [0.05, 0.1) is 0 Å². The Morgan fingerprint density at radius 1 is 0.853 bits per heavy atom. The van der Waals surface area contributed by atoms with Crippen LogP contribution in [0.25, 0.3) is 22.0 Å². The van der Waals surface area contributed by atoms with E-state index in [2.05, 4.69) is 57.0 Å². The zero-order valence-electron chi connectivity index (χ0n) is 19.3. The summed E-state index contributed by atoms with van der Waals surface area (Å²) in [7, 11) is 0. The molecule has 6 rings (SSSR count). The van der Waals surface area contributed by atoms with Crippen molar-refractivity contribution in [3.8, 4) is 11.1 Å². The number of rotatable bonds is 4. The number of hydrogen-bond acceptors (Lipinski definition) is 2. The predicted molar refractivity (Wildman–Crippen MR) is 139 cm³/mol. The molecule has 34 heavy (non-hydrogen) atoms. The van der Waals surface area contributed by atoms with Crippen molar-refractivity contribution in [2.24, 2.45) is 0 Å². The van der Waals surface area contributed by atoms with Gasteiger partial charge in [-0.15, -0.1) is 0 Å². The third-order valence-corrected chi connectivity index (χ3v) is 7.46. The van der Waals surface area contributed by atoms with E-state index in [4.69, 9.17) is 0 Å². The van der Waals surface area contributed by atoms with E-state index in [1.165, 1.54) is 49.7 Å². The van der Waals surface area contributed by atoms with E-state index in [1.807, 2.05) is 42.5 Å². The molecule has 2 fully saturated rings. The van der Waals surface area contributed by atoms with Gasteiger partial charge in [-0.25, -0.2) is 4.79 Å². The Hall–Kier alpha value is -3.57. The Morgan fingerprint density at radius 2 is 1.68 bits per heavy atom. The number of anilines is 2. The van der Waals surface area contributed by atoms with E-state index in [0.717, 1.165) is 34.1 Å². The van der Waals surface area contributed by atoms with Crippen LogP contribution in [0.5, 0.6) is 0 Å². The fourth-order valence-corrected chi connectivity index (χ4v) is 5.77. The number of aromatic nitrogens is 1. The summed E-state index contributed by atoms with van der Waals surface area (Å²) >= 11 is 0. The topological polar surface area (TPSA) is 60.2 Å². The maximum Gasteiger partial charge on any atom is 0.323 e. The first-order valence-electron chi connectivity index (χ1n) is 12.3. The molecule has 2 saturated heterocycles. The number of hydrogen-bond donors (Lipinski definition) is 3. The number of benzene rings is 3. The fourth-order valence-electron chi connectivity index (χ4n) is 5.77. The fraction of sp³-hybridized carbons (Fsp3) is 0.276. The van der Waals surface area contributed by atoms with Crippen molar-refractivity contribution < 1.29 is 4.79 Å². The summed E-state index contributed by atoms with van der Waals surface area (Å²) in [6, 6.07) is 24.7. The largest absolute Gasteiger partial charge is 0.361 e. The smallest absolute Gasteiger partial charge is 0.323 e. The highest BCUT2D eigenvalue weighted by atomic mass is 16.2. The van der Waals surface area contributed by atoms with E-state index in [9.17, 15) is 4.79 Å². The van der Waals surface area contributed by atoms with Gasteiger partial charge in [-0.3, -0.25) is 0 Å². The molecule has 2 aliphatic heterocycles. The van der Waals surface area contributed by atoms with Gasteiger partial charge in [-0.1, -0.05) is 42.5 Å². The van der Waals surface area contributed by atoms with Crippen molar-refractivity contribution in [1.82, 2.24) is 9.88 Å². The number of nitrogens with one attached hydrogen (secondary N) is 3. The molecule has 0 bridgehead atoms. The van der Waals surface area contributed by atoms with E-state index >= 15 is 0 Å². The first-order chi connectivity index (χ1) is 16.7. The summed E-state index contributed by atoms with van der Waals surface area (Å²) in [6.45, 7) is 2.47. The van der Waals surface area contributed by atoms with Crippen LogP contribution in [0, 0.1) is 0 Å². The van der Waals surface area contributed by atoms with Crippen LogP contribution < -0.4 is 10.6 Å². The van der Waals surface area contributed by atoms with E-state index < -0.39 is 0 Å². The lowest BCUT2D eigenvalue weighted by Crippen LogP contribution is -2.37. The van der Waals surface area contributed by atoms with Crippen LogP contribution in [-0.2, 0) is 0 Å². The second kappa shape index (κ2) is 8.99. The van der Waals surface area contributed by atoms with E-state index in [1.54, 1.807) is 0 Å². The second-order valence-corrected chi connectivity index (χ2v) is 9.58. The minimum absolute atomic E-state index is 0.235. The molecule has 0 saturated carbocycles. The molecule has 0 spiro atoms. The maximum absolute atomic E-state index is 12.8. The first-order valence-corrected chi connectivity index (χ1v) is 12.3. The molecule has 2 atom stereocenters. The summed E-state index contributed by atoms with van der Waals surface area (Å²) in [5.41, 5.74) is 6.30. The molecule has 0 aliphatic carbocycles. The molecule has 3 N–H and O–H groups in total. The van der Waals surface area contributed by atoms with Gasteiger partial charge < -0.3 is 20.5 Å². The Balaban J connectivity index is 1.17. The molecule has 172 valence electrons. The lowest BCUT2D eigenvalue weighted by atomic mass is 9.85. The molecular formula is C29H30N4O. The summed E-state index contributed by atoms with van der Waals surface area (Å²) < 4.78 is 0. The number of urea groups is 1. The number of carbonyl (C=O) groups excluding carboxylic acids is 1. The van der Waals surface area contributed by atoms with Gasteiger partial charge in [0.1, 0.15) is 0 Å². The number of nitrogens with zero attached hydrogens (tertiary/aromatic N) is 1. The van der Waals surface area contributed by atoms with Crippen LogP contribution >= 0.6 is 0 Å². The predicted octanol–water partition coefficient (Wildman–Crippen LogP) is 6.82. The number of carbonyl (C=O) groups is 1. The van der Waals surface area contributed by atoms with Crippen LogP contribution in [0.1, 0.15) is 37.2 Å². The molecule has 0 radical (unpaired) electrons. The van der Waals surface area contributed by atoms with Crippen LogP contribution in [0.3, 0.4) is 0 Å². The van der Waals surface area contributed by atoms with Gasteiger partial charge in [-0.05, 0) is 91.7 Å². The monoisotopic (exact) mass is 450 g/mol. The Kier molecular flexibility index (Phi) is 5.55. The Labute approximate surface area is 200 Å². The quantitative estimate of drug-likeness (QED) is 0.319. The molecule has 4 aromatic rings. The lowest BCUT2D eigenvalue weighted by Gasteiger charge is -2.34. The summed E-state index contributed by atoms with van der Waals surface area (Å²) in [4.78, 5) is 18.9. The van der Waals surface area contributed by atoms with E-state index in [-0.39, 0.29) is 6.03 Å². The number of aromatic amines is 1. The van der Waals surface area contributed by atoms with Gasteiger partial charge in [0.15, 0.2) is 0 Å². The molecule has 2 unspecified atom stereocenters. The summed E-state index contributed by atoms with van der Waals surface area (Å²) in [6.07, 6.45) is 7.29. The third kappa shape index (κ3) is 4.19. The van der Waals surface area contributed by atoms with Crippen LogP contribution in [0.2, 0.25) is 0 Å². The van der Waals surface area contributed by atoms with Crippen LogP contribution in [0.4, 0.5) is 16.2 Å². The molecule has 5 nitrogen and oxygen atoms in total. The third-order valence-electron chi connectivity index (χ3n) is 7.46.